The van der Waals surface area contributed by atoms with Crippen LogP contribution in [0.5, 0.6) is 0 Å². The first kappa shape index (κ1) is 16.7. The monoisotopic (exact) mass is 315 g/mol. The number of carbonyl (C=O) groups is 2. The van der Waals surface area contributed by atoms with Crippen LogP contribution in [0.1, 0.15) is 48.6 Å². The molecule has 0 saturated carbocycles. The standard InChI is InChI=1S/C17H21N3O3/c1-11-10-13(19-20(11)17(2,3)4)15(21)18-14(16(22)23)12-8-6-5-7-9-12/h5-10,14H,1-4H3,(H,18,21)(H,22,23)/t14-/m0/s1. The first-order valence-corrected chi connectivity index (χ1v) is 7.36. The van der Waals surface area contributed by atoms with Crippen molar-refractivity contribution in [2.75, 3.05) is 0 Å². The van der Waals surface area contributed by atoms with E-state index < -0.39 is 17.9 Å². The van der Waals surface area contributed by atoms with Crippen molar-refractivity contribution in [3.05, 3.63) is 53.3 Å². The summed E-state index contributed by atoms with van der Waals surface area (Å²) in [5.74, 6) is -1.62. The molecule has 23 heavy (non-hydrogen) atoms. The molecule has 0 fully saturated rings. The summed E-state index contributed by atoms with van der Waals surface area (Å²) >= 11 is 0. The number of aromatic nitrogens is 2. The van der Waals surface area contributed by atoms with Crippen molar-refractivity contribution in [2.45, 2.75) is 39.3 Å². The zero-order valence-corrected chi connectivity index (χ0v) is 13.7. The second-order valence-corrected chi connectivity index (χ2v) is 6.41. The molecule has 1 atom stereocenters. The summed E-state index contributed by atoms with van der Waals surface area (Å²) in [5.41, 5.74) is 1.31. The van der Waals surface area contributed by atoms with Crippen LogP contribution in [0.4, 0.5) is 0 Å². The van der Waals surface area contributed by atoms with Gasteiger partial charge in [0.1, 0.15) is 5.69 Å². The van der Waals surface area contributed by atoms with Crippen LogP contribution in [-0.4, -0.2) is 26.8 Å². The average Bonchev–Trinajstić information content (AvgIpc) is 2.87. The molecule has 1 amide bonds. The van der Waals surface area contributed by atoms with Crippen molar-refractivity contribution in [3.63, 3.8) is 0 Å². The zero-order valence-electron chi connectivity index (χ0n) is 13.7. The Hall–Kier alpha value is -2.63. The minimum atomic E-state index is -1.11. The molecule has 1 aromatic heterocycles. The molecule has 2 rings (SSSR count). The van der Waals surface area contributed by atoms with Gasteiger partial charge in [0.05, 0.1) is 5.54 Å². The number of carboxylic acids is 1. The Balaban J connectivity index is 2.25. The van der Waals surface area contributed by atoms with E-state index in [4.69, 9.17) is 0 Å². The van der Waals surface area contributed by atoms with Gasteiger partial charge >= 0.3 is 5.97 Å². The quantitative estimate of drug-likeness (QED) is 0.908. The van der Waals surface area contributed by atoms with Crippen molar-refractivity contribution < 1.29 is 14.7 Å². The first-order chi connectivity index (χ1) is 10.7. The summed E-state index contributed by atoms with van der Waals surface area (Å²) in [6.07, 6.45) is 0. The van der Waals surface area contributed by atoms with Crippen molar-refractivity contribution in [3.8, 4) is 0 Å². The van der Waals surface area contributed by atoms with Gasteiger partial charge < -0.3 is 10.4 Å². The number of hydrogen-bond donors (Lipinski definition) is 2. The topological polar surface area (TPSA) is 84.2 Å². The predicted octanol–water partition coefficient (Wildman–Crippen LogP) is 2.50. The highest BCUT2D eigenvalue weighted by atomic mass is 16.4. The molecule has 0 spiro atoms. The van der Waals surface area contributed by atoms with Gasteiger partial charge in [0.25, 0.3) is 5.91 Å². The lowest BCUT2D eigenvalue weighted by molar-refractivity contribution is -0.139. The molecule has 0 unspecified atom stereocenters. The molecule has 2 N–H and O–H groups in total. The number of carbonyl (C=O) groups excluding carboxylic acids is 1. The van der Waals surface area contributed by atoms with Crippen molar-refractivity contribution in [1.29, 1.82) is 0 Å². The molecule has 122 valence electrons. The molecule has 0 aliphatic heterocycles. The van der Waals surface area contributed by atoms with Gasteiger partial charge in [-0.05, 0) is 39.3 Å². The number of aliphatic carboxylic acids is 1. The van der Waals surface area contributed by atoms with Gasteiger partial charge in [-0.25, -0.2) is 4.79 Å². The summed E-state index contributed by atoms with van der Waals surface area (Å²) in [7, 11) is 0. The molecule has 0 aliphatic carbocycles. The number of nitrogens with zero attached hydrogens (tertiary/aromatic N) is 2. The molecule has 2 aromatic rings. The molecule has 6 nitrogen and oxygen atoms in total. The van der Waals surface area contributed by atoms with Crippen molar-refractivity contribution >= 4 is 11.9 Å². The first-order valence-electron chi connectivity index (χ1n) is 7.36. The SMILES string of the molecule is Cc1cc(C(=O)N[C@H](C(=O)O)c2ccccc2)nn1C(C)(C)C. The molecule has 0 aliphatic rings. The van der Waals surface area contributed by atoms with Crippen LogP contribution in [0.3, 0.4) is 0 Å². The summed E-state index contributed by atoms with van der Waals surface area (Å²) in [6, 6.07) is 9.13. The van der Waals surface area contributed by atoms with Crippen LogP contribution in [0.15, 0.2) is 36.4 Å². The maximum atomic E-state index is 12.4. The number of benzene rings is 1. The number of carboxylic acid groups (broad SMARTS) is 1. The minimum Gasteiger partial charge on any atom is -0.479 e. The largest absolute Gasteiger partial charge is 0.479 e. The average molecular weight is 315 g/mol. The van der Waals surface area contributed by atoms with Crippen LogP contribution in [-0.2, 0) is 10.3 Å². The number of aryl methyl sites for hydroxylation is 1. The highest BCUT2D eigenvalue weighted by molar-refractivity contribution is 5.95. The fourth-order valence-electron chi connectivity index (χ4n) is 2.40. The van der Waals surface area contributed by atoms with Gasteiger partial charge in [0.2, 0.25) is 0 Å². The Morgan fingerprint density at radius 3 is 2.30 bits per heavy atom. The maximum Gasteiger partial charge on any atom is 0.330 e. The number of nitrogens with one attached hydrogen (secondary N) is 1. The lowest BCUT2D eigenvalue weighted by Gasteiger charge is -2.21. The summed E-state index contributed by atoms with van der Waals surface area (Å²) in [5, 5.41) is 16.2. The van der Waals surface area contributed by atoms with E-state index in [1.54, 1.807) is 41.1 Å². The lowest BCUT2D eigenvalue weighted by Crippen LogP contribution is -2.34. The van der Waals surface area contributed by atoms with E-state index in [2.05, 4.69) is 10.4 Å². The maximum absolute atomic E-state index is 12.4. The van der Waals surface area contributed by atoms with Crippen molar-refractivity contribution in [1.82, 2.24) is 15.1 Å². The van der Waals surface area contributed by atoms with Crippen LogP contribution in [0, 0.1) is 6.92 Å². The Bertz CT molecular complexity index is 714. The fraction of sp³-hybridized carbons (Fsp3) is 0.353. The van der Waals surface area contributed by atoms with Gasteiger partial charge in [-0.15, -0.1) is 0 Å². The van der Waals surface area contributed by atoms with Gasteiger partial charge in [0, 0.05) is 5.69 Å². The van der Waals surface area contributed by atoms with Crippen LogP contribution < -0.4 is 5.32 Å². The molecule has 1 aromatic carbocycles. The lowest BCUT2D eigenvalue weighted by atomic mass is 10.1. The summed E-state index contributed by atoms with van der Waals surface area (Å²) < 4.78 is 1.75. The summed E-state index contributed by atoms with van der Waals surface area (Å²) in [4.78, 5) is 23.8. The number of hydrogen-bond acceptors (Lipinski definition) is 3. The van der Waals surface area contributed by atoms with E-state index in [0.717, 1.165) is 5.69 Å². The van der Waals surface area contributed by atoms with E-state index in [0.29, 0.717) is 5.56 Å². The number of amides is 1. The number of rotatable bonds is 4. The third kappa shape index (κ3) is 3.77. The van der Waals surface area contributed by atoms with Crippen LogP contribution in [0.2, 0.25) is 0 Å². The highest BCUT2D eigenvalue weighted by Gasteiger charge is 2.25. The van der Waals surface area contributed by atoms with Gasteiger partial charge in [-0.1, -0.05) is 30.3 Å². The normalized spacial score (nSPS) is 12.7. The zero-order chi connectivity index (χ0) is 17.2. The van der Waals surface area contributed by atoms with E-state index in [1.807, 2.05) is 27.7 Å². The van der Waals surface area contributed by atoms with E-state index in [1.165, 1.54) is 0 Å². The van der Waals surface area contributed by atoms with E-state index >= 15 is 0 Å². The predicted molar refractivity (Wildman–Crippen MR) is 86.2 cm³/mol. The molecule has 0 bridgehead atoms. The Labute approximate surface area is 135 Å². The Morgan fingerprint density at radius 1 is 1.22 bits per heavy atom. The van der Waals surface area contributed by atoms with Gasteiger partial charge in [-0.2, -0.15) is 5.10 Å². The van der Waals surface area contributed by atoms with E-state index in [9.17, 15) is 14.7 Å². The van der Waals surface area contributed by atoms with Gasteiger partial charge in [0.15, 0.2) is 6.04 Å². The van der Waals surface area contributed by atoms with Crippen LogP contribution >= 0.6 is 0 Å². The second-order valence-electron chi connectivity index (χ2n) is 6.41. The molecule has 6 heteroatoms. The third-order valence-corrected chi connectivity index (χ3v) is 3.41. The van der Waals surface area contributed by atoms with Crippen LogP contribution in [0.25, 0.3) is 0 Å². The third-order valence-electron chi connectivity index (χ3n) is 3.41. The molecule has 0 saturated heterocycles. The minimum absolute atomic E-state index is 0.208. The molecule has 1 heterocycles. The van der Waals surface area contributed by atoms with Crippen molar-refractivity contribution in [2.24, 2.45) is 0 Å². The second kappa shape index (κ2) is 6.24. The molecular formula is C17H21N3O3. The summed E-state index contributed by atoms with van der Waals surface area (Å²) in [6.45, 7) is 7.82. The van der Waals surface area contributed by atoms with Gasteiger partial charge in [-0.3, -0.25) is 9.48 Å². The Morgan fingerprint density at radius 2 is 1.83 bits per heavy atom. The highest BCUT2D eigenvalue weighted by Crippen LogP contribution is 2.18. The van der Waals surface area contributed by atoms with E-state index in [-0.39, 0.29) is 11.2 Å². The Kier molecular flexibility index (Phi) is 4.54. The molecule has 0 radical (unpaired) electrons. The smallest absolute Gasteiger partial charge is 0.330 e. The fourth-order valence-corrected chi connectivity index (χ4v) is 2.40. The molecular weight excluding hydrogens is 294 g/mol.